The smallest absolute Gasteiger partial charge is 0.276 e. The summed E-state index contributed by atoms with van der Waals surface area (Å²) in [5.41, 5.74) is 1.09. The maximum Gasteiger partial charge on any atom is 0.276 e. The average Bonchev–Trinajstić information content (AvgIpc) is 2.42. The van der Waals surface area contributed by atoms with Crippen LogP contribution >= 0.6 is 0 Å². The van der Waals surface area contributed by atoms with Crippen molar-refractivity contribution >= 4 is 17.3 Å². The van der Waals surface area contributed by atoms with E-state index in [1.807, 2.05) is 0 Å². The van der Waals surface area contributed by atoms with Crippen LogP contribution in [0.1, 0.15) is 21.6 Å². The number of amides is 1. The third-order valence-corrected chi connectivity index (χ3v) is 2.90. The number of nitro groups is 1. The molecule has 2 aromatic rings. The number of anilines is 1. The van der Waals surface area contributed by atoms with Crippen molar-refractivity contribution in [1.82, 2.24) is 10.2 Å². The van der Waals surface area contributed by atoms with E-state index in [2.05, 4.69) is 15.5 Å². The summed E-state index contributed by atoms with van der Waals surface area (Å²) in [5.74, 6) is -0.511. The lowest BCUT2D eigenvalue weighted by atomic mass is 10.1. The van der Waals surface area contributed by atoms with E-state index in [1.165, 1.54) is 24.3 Å². The van der Waals surface area contributed by atoms with Gasteiger partial charge in [-0.3, -0.25) is 19.7 Å². The van der Waals surface area contributed by atoms with E-state index in [0.717, 1.165) is 0 Å². The highest BCUT2D eigenvalue weighted by Gasteiger charge is 2.15. The average molecular weight is 288 g/mol. The maximum absolute atomic E-state index is 12.0. The van der Waals surface area contributed by atoms with E-state index in [4.69, 9.17) is 0 Å². The fraction of sp³-hybridized carbons (Fsp3) is 0.154. The normalized spacial score (nSPS) is 10.2. The third kappa shape index (κ3) is 3.11. The molecule has 0 aliphatic carbocycles. The van der Waals surface area contributed by atoms with Crippen LogP contribution < -0.4 is 10.9 Å². The first-order valence-corrected chi connectivity index (χ1v) is 6.01. The van der Waals surface area contributed by atoms with E-state index < -0.39 is 16.4 Å². The summed E-state index contributed by atoms with van der Waals surface area (Å²) in [5, 5.41) is 19.2. The molecule has 0 saturated carbocycles. The van der Waals surface area contributed by atoms with Gasteiger partial charge in [0.05, 0.1) is 4.92 Å². The van der Waals surface area contributed by atoms with Crippen molar-refractivity contribution in [3.05, 3.63) is 61.6 Å². The molecule has 0 radical (unpaired) electrons. The Bertz CT molecular complexity index is 762. The van der Waals surface area contributed by atoms with Gasteiger partial charge in [0.15, 0.2) is 0 Å². The third-order valence-electron chi connectivity index (χ3n) is 2.90. The van der Waals surface area contributed by atoms with Gasteiger partial charge in [0.1, 0.15) is 5.69 Å². The molecule has 0 atom stereocenters. The largest absolute Gasteiger partial charge is 0.320 e. The minimum Gasteiger partial charge on any atom is -0.320 e. The molecule has 0 spiro atoms. The van der Waals surface area contributed by atoms with Crippen LogP contribution in [0, 0.1) is 24.0 Å². The molecule has 1 heterocycles. The Morgan fingerprint density at radius 3 is 2.57 bits per heavy atom. The van der Waals surface area contributed by atoms with Crippen LogP contribution in [0.3, 0.4) is 0 Å². The maximum atomic E-state index is 12.0. The zero-order valence-corrected chi connectivity index (χ0v) is 11.3. The first kappa shape index (κ1) is 14.4. The Balaban J connectivity index is 2.29. The summed E-state index contributed by atoms with van der Waals surface area (Å²) in [6.45, 7) is 3.24. The quantitative estimate of drug-likeness (QED) is 0.656. The lowest BCUT2D eigenvalue weighted by Gasteiger charge is -2.09. The summed E-state index contributed by atoms with van der Waals surface area (Å²) < 4.78 is 0. The molecule has 21 heavy (non-hydrogen) atoms. The Morgan fingerprint density at radius 2 is 2.00 bits per heavy atom. The molecule has 1 aromatic carbocycles. The number of carbonyl (C=O) groups excluding carboxylic acids is 1. The second kappa shape index (κ2) is 5.53. The van der Waals surface area contributed by atoms with E-state index >= 15 is 0 Å². The molecule has 2 rings (SSSR count). The van der Waals surface area contributed by atoms with E-state index in [9.17, 15) is 19.7 Å². The molecule has 2 N–H and O–H groups in total. The number of carbonyl (C=O) groups is 1. The van der Waals surface area contributed by atoms with Crippen LogP contribution in [0.15, 0.2) is 29.1 Å². The molecule has 8 nitrogen and oxygen atoms in total. The zero-order chi connectivity index (χ0) is 15.6. The van der Waals surface area contributed by atoms with Crippen molar-refractivity contribution in [3.63, 3.8) is 0 Å². The minimum atomic E-state index is -0.511. The minimum absolute atomic E-state index is 0.00679. The Hall–Kier alpha value is -3.03. The number of rotatable bonds is 3. The molecule has 8 heteroatoms. The number of H-pyrrole nitrogens is 1. The molecule has 0 unspecified atom stereocenters. The molecular formula is C13H12N4O4. The molecule has 0 fully saturated rings. The van der Waals surface area contributed by atoms with E-state index in [0.29, 0.717) is 16.8 Å². The molecule has 108 valence electrons. The standard InChI is InChI=1S/C13H12N4O4/c1-7-6-11(17(20)21)8(2)5-10(7)14-13(19)9-3-4-12(18)16-15-9/h3-6H,1-2H3,(H,14,19)(H,16,18). The topological polar surface area (TPSA) is 118 Å². The van der Waals surface area contributed by atoms with Gasteiger partial charge in [-0.15, -0.1) is 0 Å². The van der Waals surface area contributed by atoms with E-state index in [-0.39, 0.29) is 11.4 Å². The Labute approximate surface area is 119 Å². The number of aryl methyl sites for hydroxylation is 2. The predicted octanol–water partition coefficient (Wildman–Crippen LogP) is 1.55. The highest BCUT2D eigenvalue weighted by atomic mass is 16.6. The summed E-state index contributed by atoms with van der Waals surface area (Å²) in [6, 6.07) is 5.40. The lowest BCUT2D eigenvalue weighted by Crippen LogP contribution is -2.18. The van der Waals surface area contributed by atoms with Gasteiger partial charge in [-0.05, 0) is 31.5 Å². The predicted molar refractivity (Wildman–Crippen MR) is 75.4 cm³/mol. The summed E-state index contributed by atoms with van der Waals surface area (Å²) in [6.07, 6.45) is 0. The number of benzene rings is 1. The molecule has 1 amide bonds. The SMILES string of the molecule is Cc1cc([N+](=O)[O-])c(C)cc1NC(=O)c1ccc(=O)[nH]n1. The van der Waals surface area contributed by atoms with Gasteiger partial charge in [-0.1, -0.05) is 0 Å². The van der Waals surface area contributed by atoms with Crippen LogP contribution in [0.5, 0.6) is 0 Å². The van der Waals surface area contributed by atoms with Gasteiger partial charge < -0.3 is 5.32 Å². The summed E-state index contributed by atoms with van der Waals surface area (Å²) in [7, 11) is 0. The lowest BCUT2D eigenvalue weighted by molar-refractivity contribution is -0.385. The number of nitrogens with one attached hydrogen (secondary N) is 2. The van der Waals surface area contributed by atoms with Gasteiger partial charge in [0.25, 0.3) is 17.2 Å². The molecule has 0 saturated heterocycles. The number of aromatic nitrogens is 2. The van der Waals surface area contributed by atoms with Gasteiger partial charge in [0.2, 0.25) is 0 Å². The fourth-order valence-corrected chi connectivity index (χ4v) is 1.79. The molecular weight excluding hydrogens is 276 g/mol. The second-order valence-corrected chi connectivity index (χ2v) is 4.47. The van der Waals surface area contributed by atoms with Crippen molar-refractivity contribution < 1.29 is 9.72 Å². The number of hydrogen-bond donors (Lipinski definition) is 2. The first-order valence-electron chi connectivity index (χ1n) is 6.01. The van der Waals surface area contributed by atoms with Crippen molar-refractivity contribution in [2.75, 3.05) is 5.32 Å². The Kier molecular flexibility index (Phi) is 3.79. The van der Waals surface area contributed by atoms with Crippen molar-refractivity contribution in [3.8, 4) is 0 Å². The van der Waals surface area contributed by atoms with Crippen LogP contribution in [0.25, 0.3) is 0 Å². The van der Waals surface area contributed by atoms with Gasteiger partial charge in [-0.2, -0.15) is 5.10 Å². The highest BCUT2D eigenvalue weighted by Crippen LogP contribution is 2.26. The number of aromatic amines is 1. The number of nitrogens with zero attached hydrogens (tertiary/aromatic N) is 2. The molecule has 0 bridgehead atoms. The van der Waals surface area contributed by atoms with Crippen LogP contribution in [0.2, 0.25) is 0 Å². The molecule has 0 aliphatic heterocycles. The van der Waals surface area contributed by atoms with Gasteiger partial charge >= 0.3 is 0 Å². The first-order chi connectivity index (χ1) is 9.88. The summed E-state index contributed by atoms with van der Waals surface area (Å²) in [4.78, 5) is 33.2. The second-order valence-electron chi connectivity index (χ2n) is 4.47. The Morgan fingerprint density at radius 1 is 1.29 bits per heavy atom. The van der Waals surface area contributed by atoms with Gasteiger partial charge in [0, 0.05) is 23.4 Å². The molecule has 0 aliphatic rings. The van der Waals surface area contributed by atoms with Gasteiger partial charge in [-0.25, -0.2) is 5.10 Å². The number of hydrogen-bond acceptors (Lipinski definition) is 5. The van der Waals surface area contributed by atoms with Crippen LogP contribution in [-0.2, 0) is 0 Å². The van der Waals surface area contributed by atoms with Crippen molar-refractivity contribution in [2.24, 2.45) is 0 Å². The zero-order valence-electron chi connectivity index (χ0n) is 11.3. The van der Waals surface area contributed by atoms with Crippen LogP contribution in [-0.4, -0.2) is 21.0 Å². The number of nitro benzene ring substituents is 1. The van der Waals surface area contributed by atoms with E-state index in [1.54, 1.807) is 13.8 Å². The van der Waals surface area contributed by atoms with Crippen molar-refractivity contribution in [2.45, 2.75) is 13.8 Å². The van der Waals surface area contributed by atoms with Crippen LogP contribution in [0.4, 0.5) is 11.4 Å². The summed E-state index contributed by atoms with van der Waals surface area (Å²) >= 11 is 0. The fourth-order valence-electron chi connectivity index (χ4n) is 1.79. The van der Waals surface area contributed by atoms with Crippen molar-refractivity contribution in [1.29, 1.82) is 0 Å². The monoisotopic (exact) mass is 288 g/mol. The highest BCUT2D eigenvalue weighted by molar-refractivity contribution is 6.03. The molecule has 1 aromatic heterocycles.